The molecular formula is C12H7F3N2O2. The summed E-state index contributed by atoms with van der Waals surface area (Å²) in [6.45, 7) is 0. The lowest BCUT2D eigenvalue weighted by Crippen LogP contribution is -2.17. The Balaban J connectivity index is 2.27. The molecule has 0 saturated carbocycles. The van der Waals surface area contributed by atoms with Crippen molar-refractivity contribution in [3.8, 4) is 5.75 Å². The largest absolute Gasteiger partial charge is 0.573 e. The molecule has 0 bridgehead atoms. The zero-order valence-corrected chi connectivity index (χ0v) is 9.39. The number of benzene rings is 1. The van der Waals surface area contributed by atoms with Crippen molar-refractivity contribution < 1.29 is 22.7 Å². The first-order valence-electron chi connectivity index (χ1n) is 5.12. The number of aromatic nitrogens is 2. The Morgan fingerprint density at radius 1 is 1.21 bits per heavy atom. The Kier molecular flexibility index (Phi) is 3.46. The summed E-state index contributed by atoms with van der Waals surface area (Å²) in [7, 11) is 0. The fraction of sp³-hybridized carbons (Fsp3) is 0.0833. The highest BCUT2D eigenvalue weighted by atomic mass is 19.4. The molecule has 2 aromatic rings. The summed E-state index contributed by atoms with van der Waals surface area (Å²) < 4.78 is 39.9. The van der Waals surface area contributed by atoms with E-state index in [9.17, 15) is 18.0 Å². The first-order valence-corrected chi connectivity index (χ1v) is 5.12. The number of ketones is 1. The number of alkyl halides is 3. The number of nitrogens with zero attached hydrogens (tertiary/aromatic N) is 2. The van der Waals surface area contributed by atoms with Crippen LogP contribution in [-0.2, 0) is 0 Å². The van der Waals surface area contributed by atoms with Gasteiger partial charge in [0.2, 0.25) is 5.78 Å². The molecule has 0 aliphatic heterocycles. The zero-order valence-electron chi connectivity index (χ0n) is 9.39. The van der Waals surface area contributed by atoms with Crippen LogP contribution in [-0.4, -0.2) is 22.1 Å². The van der Waals surface area contributed by atoms with Gasteiger partial charge >= 0.3 is 6.36 Å². The molecule has 1 aromatic carbocycles. The van der Waals surface area contributed by atoms with Crippen LogP contribution >= 0.6 is 0 Å². The maximum atomic E-state index is 12.1. The fourth-order valence-electron chi connectivity index (χ4n) is 1.40. The smallest absolute Gasteiger partial charge is 0.406 e. The Labute approximate surface area is 105 Å². The van der Waals surface area contributed by atoms with Gasteiger partial charge in [-0.25, -0.2) is 4.98 Å². The summed E-state index contributed by atoms with van der Waals surface area (Å²) in [5, 5.41) is 0. The first-order chi connectivity index (χ1) is 8.96. The lowest BCUT2D eigenvalue weighted by atomic mass is 10.1. The second kappa shape index (κ2) is 5.05. The highest BCUT2D eigenvalue weighted by Gasteiger charge is 2.31. The summed E-state index contributed by atoms with van der Waals surface area (Å²) in [6.07, 6.45) is -0.850. The van der Waals surface area contributed by atoms with Crippen molar-refractivity contribution >= 4 is 5.78 Å². The predicted octanol–water partition coefficient (Wildman–Crippen LogP) is 2.61. The molecule has 0 unspecified atom stereocenters. The van der Waals surface area contributed by atoms with Crippen molar-refractivity contribution in [3.05, 3.63) is 54.1 Å². The summed E-state index contributed by atoms with van der Waals surface area (Å²) in [5.41, 5.74) is 0.0916. The Hall–Kier alpha value is -2.44. The molecule has 0 aliphatic carbocycles. The maximum absolute atomic E-state index is 12.1. The molecule has 19 heavy (non-hydrogen) atoms. The van der Waals surface area contributed by atoms with Crippen LogP contribution in [0.25, 0.3) is 0 Å². The van der Waals surface area contributed by atoms with Crippen molar-refractivity contribution in [3.63, 3.8) is 0 Å². The van der Waals surface area contributed by atoms with Crippen molar-refractivity contribution in [1.82, 2.24) is 9.97 Å². The normalized spacial score (nSPS) is 11.1. The van der Waals surface area contributed by atoms with Crippen LogP contribution in [0.2, 0.25) is 0 Å². The van der Waals surface area contributed by atoms with E-state index in [2.05, 4.69) is 14.7 Å². The minimum Gasteiger partial charge on any atom is -0.406 e. The van der Waals surface area contributed by atoms with Crippen molar-refractivity contribution in [2.24, 2.45) is 0 Å². The third-order valence-corrected chi connectivity index (χ3v) is 2.13. The molecule has 0 amide bonds. The molecule has 1 aromatic heterocycles. The Morgan fingerprint density at radius 3 is 2.63 bits per heavy atom. The minimum absolute atomic E-state index is 0.0438. The Bertz CT molecular complexity index is 585. The van der Waals surface area contributed by atoms with Gasteiger partial charge in [-0.05, 0) is 12.1 Å². The van der Waals surface area contributed by atoms with E-state index in [1.165, 1.54) is 30.7 Å². The first kappa shape index (κ1) is 13.0. The standard InChI is InChI=1S/C12H7F3N2O2/c13-12(14,15)19-9-3-1-2-8(6-9)11(18)10-7-16-4-5-17-10/h1-7H. The molecule has 0 aliphatic rings. The van der Waals surface area contributed by atoms with Gasteiger partial charge in [-0.3, -0.25) is 9.78 Å². The van der Waals surface area contributed by atoms with Gasteiger partial charge in [0.15, 0.2) is 0 Å². The van der Waals surface area contributed by atoms with Gasteiger partial charge in [-0.1, -0.05) is 12.1 Å². The van der Waals surface area contributed by atoms with Gasteiger partial charge in [-0.2, -0.15) is 0 Å². The highest BCUT2D eigenvalue weighted by molar-refractivity contribution is 6.07. The molecule has 0 radical (unpaired) electrons. The van der Waals surface area contributed by atoms with Gasteiger partial charge in [0.1, 0.15) is 11.4 Å². The molecule has 0 fully saturated rings. The van der Waals surface area contributed by atoms with Crippen LogP contribution in [0.5, 0.6) is 5.75 Å². The molecule has 0 N–H and O–H groups in total. The number of carbonyl (C=O) groups excluding carboxylic acids is 1. The molecule has 0 spiro atoms. The summed E-state index contributed by atoms with van der Waals surface area (Å²) in [5.74, 6) is -0.983. The minimum atomic E-state index is -4.80. The lowest BCUT2D eigenvalue weighted by molar-refractivity contribution is -0.274. The number of rotatable bonds is 3. The quantitative estimate of drug-likeness (QED) is 0.803. The van der Waals surface area contributed by atoms with E-state index in [1.54, 1.807) is 0 Å². The van der Waals surface area contributed by atoms with E-state index in [1.807, 2.05) is 0 Å². The van der Waals surface area contributed by atoms with Gasteiger partial charge < -0.3 is 4.74 Å². The van der Waals surface area contributed by atoms with Gasteiger partial charge in [0, 0.05) is 18.0 Å². The van der Waals surface area contributed by atoms with Crippen molar-refractivity contribution in [2.45, 2.75) is 6.36 Å². The summed E-state index contributed by atoms with van der Waals surface area (Å²) >= 11 is 0. The number of halogens is 3. The summed E-state index contributed by atoms with van der Waals surface area (Å²) in [4.78, 5) is 19.4. The summed E-state index contributed by atoms with van der Waals surface area (Å²) in [6, 6.07) is 4.79. The molecule has 7 heteroatoms. The maximum Gasteiger partial charge on any atom is 0.573 e. The van der Waals surface area contributed by atoms with Crippen LogP contribution in [0, 0.1) is 0 Å². The number of hydrogen-bond acceptors (Lipinski definition) is 4. The lowest BCUT2D eigenvalue weighted by Gasteiger charge is -2.09. The molecular weight excluding hydrogens is 261 g/mol. The monoisotopic (exact) mass is 268 g/mol. The van der Waals surface area contributed by atoms with Crippen molar-refractivity contribution in [1.29, 1.82) is 0 Å². The molecule has 2 rings (SSSR count). The molecule has 0 saturated heterocycles. The van der Waals surface area contributed by atoms with Gasteiger partial charge in [-0.15, -0.1) is 13.2 Å². The predicted molar refractivity (Wildman–Crippen MR) is 58.6 cm³/mol. The van der Waals surface area contributed by atoms with Crippen LogP contribution in [0.3, 0.4) is 0 Å². The zero-order chi connectivity index (χ0) is 13.9. The van der Waals surface area contributed by atoms with E-state index in [-0.39, 0.29) is 11.3 Å². The number of hydrogen-bond donors (Lipinski definition) is 0. The number of carbonyl (C=O) groups is 1. The molecule has 98 valence electrons. The highest BCUT2D eigenvalue weighted by Crippen LogP contribution is 2.23. The van der Waals surface area contributed by atoms with Crippen LogP contribution in [0.15, 0.2) is 42.9 Å². The van der Waals surface area contributed by atoms with E-state index in [0.717, 1.165) is 12.1 Å². The van der Waals surface area contributed by atoms with E-state index < -0.39 is 17.9 Å². The van der Waals surface area contributed by atoms with Crippen molar-refractivity contribution in [2.75, 3.05) is 0 Å². The fourth-order valence-corrected chi connectivity index (χ4v) is 1.40. The SMILES string of the molecule is O=C(c1cccc(OC(F)(F)F)c1)c1cnccn1. The Morgan fingerprint density at radius 2 is 2.00 bits per heavy atom. The third kappa shape index (κ3) is 3.51. The molecule has 0 atom stereocenters. The molecule has 4 nitrogen and oxygen atoms in total. The van der Waals surface area contributed by atoms with E-state index in [4.69, 9.17) is 0 Å². The molecule has 1 heterocycles. The van der Waals surface area contributed by atoms with Crippen LogP contribution in [0.4, 0.5) is 13.2 Å². The van der Waals surface area contributed by atoms with Gasteiger partial charge in [0.05, 0.1) is 6.20 Å². The van der Waals surface area contributed by atoms with E-state index in [0.29, 0.717) is 0 Å². The second-order valence-corrected chi connectivity index (χ2v) is 3.50. The topological polar surface area (TPSA) is 52.1 Å². The van der Waals surface area contributed by atoms with Gasteiger partial charge in [0.25, 0.3) is 0 Å². The average molecular weight is 268 g/mol. The third-order valence-electron chi connectivity index (χ3n) is 2.13. The van der Waals surface area contributed by atoms with Crippen LogP contribution in [0.1, 0.15) is 16.1 Å². The second-order valence-electron chi connectivity index (χ2n) is 3.50. The van der Waals surface area contributed by atoms with E-state index >= 15 is 0 Å². The van der Waals surface area contributed by atoms with Crippen LogP contribution < -0.4 is 4.74 Å². The average Bonchev–Trinajstić information content (AvgIpc) is 2.37. The number of ether oxygens (including phenoxy) is 1.